The summed E-state index contributed by atoms with van der Waals surface area (Å²) in [6.45, 7) is 2.09. The van der Waals surface area contributed by atoms with Crippen LogP contribution in [-0.4, -0.2) is 14.5 Å². The summed E-state index contributed by atoms with van der Waals surface area (Å²) in [6.07, 6.45) is 2.63. The molecule has 1 aliphatic carbocycles. The summed E-state index contributed by atoms with van der Waals surface area (Å²) in [5.74, 6) is -0.0908. The maximum absolute atomic E-state index is 13.1. The van der Waals surface area contributed by atoms with Crippen LogP contribution in [0.15, 0.2) is 23.1 Å². The van der Waals surface area contributed by atoms with Crippen LogP contribution in [-0.2, 0) is 10.0 Å². The molecular weight excluding hydrogens is 255 g/mol. The molecule has 100 valence electrons. The lowest BCUT2D eigenvalue weighted by Gasteiger charge is -2.14. The topological polar surface area (TPSA) is 72.2 Å². The van der Waals surface area contributed by atoms with E-state index < -0.39 is 15.8 Å². The number of rotatable bonds is 3. The van der Waals surface area contributed by atoms with Crippen LogP contribution in [0, 0.1) is 11.7 Å². The van der Waals surface area contributed by atoms with Crippen molar-refractivity contribution >= 4 is 15.7 Å². The van der Waals surface area contributed by atoms with Gasteiger partial charge in [-0.05, 0) is 43.4 Å². The SMILES string of the molecule is CC1CCC(NS(=O)(=O)c2cc(F)ccc2N)C1. The Bertz CT molecular complexity index is 545. The van der Waals surface area contributed by atoms with Gasteiger partial charge in [-0.3, -0.25) is 0 Å². The predicted molar refractivity (Wildman–Crippen MR) is 67.9 cm³/mol. The first kappa shape index (κ1) is 13.3. The zero-order valence-electron chi connectivity index (χ0n) is 10.2. The largest absolute Gasteiger partial charge is 0.398 e. The molecule has 2 unspecified atom stereocenters. The van der Waals surface area contributed by atoms with Crippen molar-refractivity contribution in [2.24, 2.45) is 5.92 Å². The van der Waals surface area contributed by atoms with E-state index in [4.69, 9.17) is 5.73 Å². The fourth-order valence-corrected chi connectivity index (χ4v) is 3.76. The first-order chi connectivity index (χ1) is 8.38. The molecule has 0 amide bonds. The molecule has 4 nitrogen and oxygen atoms in total. The monoisotopic (exact) mass is 272 g/mol. The van der Waals surface area contributed by atoms with Crippen molar-refractivity contribution in [3.63, 3.8) is 0 Å². The van der Waals surface area contributed by atoms with Crippen molar-refractivity contribution in [2.45, 2.75) is 37.1 Å². The third-order valence-corrected chi connectivity index (χ3v) is 4.86. The Kier molecular flexibility index (Phi) is 3.59. The smallest absolute Gasteiger partial charge is 0.242 e. The highest BCUT2D eigenvalue weighted by molar-refractivity contribution is 7.89. The normalized spacial score (nSPS) is 24.3. The van der Waals surface area contributed by atoms with Crippen molar-refractivity contribution in [2.75, 3.05) is 5.73 Å². The minimum Gasteiger partial charge on any atom is -0.398 e. The highest BCUT2D eigenvalue weighted by Crippen LogP contribution is 2.27. The number of benzene rings is 1. The fourth-order valence-electron chi connectivity index (χ4n) is 2.34. The van der Waals surface area contributed by atoms with Crippen molar-refractivity contribution in [1.82, 2.24) is 4.72 Å². The van der Waals surface area contributed by atoms with E-state index in [0.717, 1.165) is 31.4 Å². The first-order valence-corrected chi connectivity index (χ1v) is 7.44. The molecule has 0 spiro atoms. The zero-order chi connectivity index (χ0) is 13.3. The summed E-state index contributed by atoms with van der Waals surface area (Å²) >= 11 is 0. The number of hydrogen-bond donors (Lipinski definition) is 2. The van der Waals surface area contributed by atoms with Gasteiger partial charge in [0.15, 0.2) is 0 Å². The van der Waals surface area contributed by atoms with Gasteiger partial charge in [-0.2, -0.15) is 0 Å². The van der Waals surface area contributed by atoms with Gasteiger partial charge >= 0.3 is 0 Å². The van der Waals surface area contributed by atoms with Crippen LogP contribution in [0.3, 0.4) is 0 Å². The summed E-state index contributed by atoms with van der Waals surface area (Å²) < 4.78 is 39.9. The van der Waals surface area contributed by atoms with Gasteiger partial charge in [0.05, 0.1) is 5.69 Å². The maximum Gasteiger partial charge on any atom is 0.242 e. The first-order valence-electron chi connectivity index (χ1n) is 5.96. The molecule has 1 aromatic carbocycles. The number of nitrogens with one attached hydrogen (secondary N) is 1. The minimum absolute atomic E-state index is 0.0648. The quantitative estimate of drug-likeness (QED) is 0.825. The number of anilines is 1. The van der Waals surface area contributed by atoms with Crippen molar-refractivity contribution in [3.05, 3.63) is 24.0 Å². The molecule has 6 heteroatoms. The van der Waals surface area contributed by atoms with Crippen LogP contribution < -0.4 is 10.5 Å². The van der Waals surface area contributed by atoms with E-state index in [-0.39, 0.29) is 16.6 Å². The molecule has 1 aromatic rings. The van der Waals surface area contributed by atoms with E-state index in [1.165, 1.54) is 6.07 Å². The van der Waals surface area contributed by atoms with Crippen LogP contribution >= 0.6 is 0 Å². The van der Waals surface area contributed by atoms with Crippen LogP contribution in [0.5, 0.6) is 0 Å². The van der Waals surface area contributed by atoms with E-state index in [0.29, 0.717) is 5.92 Å². The molecule has 0 saturated heterocycles. The molecule has 1 aliphatic rings. The molecule has 2 atom stereocenters. The van der Waals surface area contributed by atoms with Crippen molar-refractivity contribution < 1.29 is 12.8 Å². The third kappa shape index (κ3) is 2.81. The highest BCUT2D eigenvalue weighted by atomic mass is 32.2. The molecule has 0 heterocycles. The van der Waals surface area contributed by atoms with Crippen LogP contribution in [0.4, 0.5) is 10.1 Å². The fraction of sp³-hybridized carbons (Fsp3) is 0.500. The predicted octanol–water partition coefficient (Wildman–Crippen LogP) is 1.87. The van der Waals surface area contributed by atoms with Crippen LogP contribution in [0.1, 0.15) is 26.2 Å². The number of nitrogens with two attached hydrogens (primary N) is 1. The molecule has 3 N–H and O–H groups in total. The number of halogens is 1. The van der Waals surface area contributed by atoms with Gasteiger partial charge < -0.3 is 5.73 Å². The van der Waals surface area contributed by atoms with Gasteiger partial charge in [0.1, 0.15) is 10.7 Å². The molecule has 0 radical (unpaired) electrons. The maximum atomic E-state index is 13.1. The molecule has 0 bridgehead atoms. The van der Waals surface area contributed by atoms with Crippen molar-refractivity contribution in [3.8, 4) is 0 Å². The number of sulfonamides is 1. The summed E-state index contributed by atoms with van der Waals surface area (Å²) in [7, 11) is -3.74. The Morgan fingerprint density at radius 2 is 2.11 bits per heavy atom. The molecule has 1 saturated carbocycles. The Morgan fingerprint density at radius 1 is 1.39 bits per heavy atom. The Balaban J connectivity index is 2.23. The summed E-state index contributed by atoms with van der Waals surface area (Å²) in [6, 6.07) is 3.29. The minimum atomic E-state index is -3.74. The van der Waals surface area contributed by atoms with E-state index >= 15 is 0 Å². The molecule has 2 rings (SSSR count). The van der Waals surface area contributed by atoms with Crippen LogP contribution in [0.2, 0.25) is 0 Å². The zero-order valence-corrected chi connectivity index (χ0v) is 11.0. The average molecular weight is 272 g/mol. The third-order valence-electron chi connectivity index (χ3n) is 3.28. The lowest BCUT2D eigenvalue weighted by molar-refractivity contribution is 0.537. The van der Waals surface area contributed by atoms with Gasteiger partial charge in [0.2, 0.25) is 10.0 Å². The van der Waals surface area contributed by atoms with Gasteiger partial charge in [-0.25, -0.2) is 17.5 Å². The average Bonchev–Trinajstić information content (AvgIpc) is 2.66. The standard InChI is InChI=1S/C12H17FN2O2S/c1-8-2-4-10(6-8)15-18(16,17)12-7-9(13)3-5-11(12)14/h3,5,7-8,10,15H,2,4,6,14H2,1H3. The van der Waals surface area contributed by atoms with Gasteiger partial charge in [0.25, 0.3) is 0 Å². The van der Waals surface area contributed by atoms with E-state index in [2.05, 4.69) is 11.6 Å². The highest BCUT2D eigenvalue weighted by Gasteiger charge is 2.27. The van der Waals surface area contributed by atoms with Crippen molar-refractivity contribution in [1.29, 1.82) is 0 Å². The van der Waals surface area contributed by atoms with Gasteiger partial charge in [0, 0.05) is 6.04 Å². The van der Waals surface area contributed by atoms with Gasteiger partial charge in [-0.15, -0.1) is 0 Å². The Hall–Kier alpha value is -1.14. The van der Waals surface area contributed by atoms with Gasteiger partial charge in [-0.1, -0.05) is 6.92 Å². The number of hydrogen-bond acceptors (Lipinski definition) is 3. The van der Waals surface area contributed by atoms with Crippen LogP contribution in [0.25, 0.3) is 0 Å². The molecule has 18 heavy (non-hydrogen) atoms. The lowest BCUT2D eigenvalue weighted by Crippen LogP contribution is -2.33. The summed E-state index contributed by atoms with van der Waals surface area (Å²) in [5, 5.41) is 0. The van der Waals surface area contributed by atoms with E-state index in [1.54, 1.807) is 0 Å². The Morgan fingerprint density at radius 3 is 2.72 bits per heavy atom. The molecule has 0 aromatic heterocycles. The summed E-state index contributed by atoms with van der Waals surface area (Å²) in [4.78, 5) is -0.179. The Labute approximate surface area is 106 Å². The lowest BCUT2D eigenvalue weighted by atomic mass is 10.1. The second kappa shape index (κ2) is 4.85. The second-order valence-electron chi connectivity index (χ2n) is 4.92. The molecule has 1 fully saturated rings. The second-order valence-corrected chi connectivity index (χ2v) is 6.60. The number of nitrogen functional groups attached to an aromatic ring is 1. The molecule has 0 aliphatic heterocycles. The van der Waals surface area contributed by atoms with E-state index in [1.807, 2.05) is 0 Å². The molecular formula is C12H17FN2O2S. The summed E-state index contributed by atoms with van der Waals surface area (Å²) in [5.41, 5.74) is 5.66. The van der Waals surface area contributed by atoms with E-state index in [9.17, 15) is 12.8 Å².